The molecular formula is C12H12FNO3. The van der Waals surface area contributed by atoms with Gasteiger partial charge in [-0.25, -0.2) is 9.18 Å². The summed E-state index contributed by atoms with van der Waals surface area (Å²) < 4.78 is 18.9. The Labute approximate surface area is 97.7 Å². The van der Waals surface area contributed by atoms with E-state index in [9.17, 15) is 14.3 Å². The Morgan fingerprint density at radius 3 is 2.71 bits per heavy atom. The third-order valence-corrected chi connectivity index (χ3v) is 3.07. The number of nitrogens with zero attached hydrogens (tertiary/aromatic N) is 1. The third kappa shape index (κ3) is 1.68. The van der Waals surface area contributed by atoms with Gasteiger partial charge in [-0.3, -0.25) is 0 Å². The lowest BCUT2D eigenvalue weighted by Gasteiger charge is -2.15. The molecule has 0 spiro atoms. The van der Waals surface area contributed by atoms with Crippen molar-refractivity contribution >= 4 is 6.08 Å². The van der Waals surface area contributed by atoms with E-state index in [2.05, 4.69) is 4.99 Å². The SMILES string of the molecule is COc1c(C)cc(C2(N=C=O)CC2)c(F)c1O. The lowest BCUT2D eigenvalue weighted by atomic mass is 10.0. The molecule has 90 valence electrons. The molecule has 0 saturated heterocycles. The molecule has 1 aliphatic carbocycles. The zero-order valence-corrected chi connectivity index (χ0v) is 9.58. The molecule has 2 rings (SSSR count). The predicted molar refractivity (Wildman–Crippen MR) is 58.4 cm³/mol. The monoisotopic (exact) mass is 237 g/mol. The van der Waals surface area contributed by atoms with Crippen LogP contribution in [0.4, 0.5) is 4.39 Å². The van der Waals surface area contributed by atoms with Crippen LogP contribution in [0.1, 0.15) is 24.0 Å². The molecule has 0 aliphatic heterocycles. The molecule has 0 heterocycles. The molecule has 1 fully saturated rings. The number of hydrogen-bond donors (Lipinski definition) is 1. The zero-order valence-electron chi connectivity index (χ0n) is 9.58. The number of aromatic hydroxyl groups is 1. The smallest absolute Gasteiger partial charge is 0.235 e. The molecule has 0 unspecified atom stereocenters. The fraction of sp³-hybridized carbons (Fsp3) is 0.417. The van der Waals surface area contributed by atoms with Gasteiger partial charge >= 0.3 is 0 Å². The Kier molecular flexibility index (Phi) is 2.63. The van der Waals surface area contributed by atoms with Crippen LogP contribution in [0.5, 0.6) is 11.5 Å². The summed E-state index contributed by atoms with van der Waals surface area (Å²) in [6.07, 6.45) is 2.63. The molecule has 5 heteroatoms. The molecule has 1 N–H and O–H groups in total. The first kappa shape index (κ1) is 11.6. The van der Waals surface area contributed by atoms with Gasteiger partial charge in [0, 0.05) is 5.56 Å². The zero-order chi connectivity index (χ0) is 12.6. The highest BCUT2D eigenvalue weighted by atomic mass is 19.1. The van der Waals surface area contributed by atoms with Crippen LogP contribution in [0.15, 0.2) is 11.1 Å². The third-order valence-electron chi connectivity index (χ3n) is 3.07. The van der Waals surface area contributed by atoms with Gasteiger partial charge in [0.2, 0.25) is 6.08 Å². The minimum absolute atomic E-state index is 0.108. The first-order chi connectivity index (χ1) is 8.05. The van der Waals surface area contributed by atoms with Crippen molar-refractivity contribution in [1.82, 2.24) is 0 Å². The molecule has 1 aliphatic rings. The maximum atomic E-state index is 14.0. The standard InChI is InChI=1S/C12H12FNO3/c1-7-5-8(12(3-4-12)14-6-15)9(13)10(16)11(7)17-2/h5,16H,3-4H2,1-2H3. The van der Waals surface area contributed by atoms with Crippen molar-refractivity contribution in [1.29, 1.82) is 0 Å². The van der Waals surface area contributed by atoms with E-state index < -0.39 is 17.1 Å². The number of phenolic OH excluding ortho intramolecular Hbond substituents is 1. The number of phenols is 1. The Balaban J connectivity index is 2.61. The second-order valence-corrected chi connectivity index (χ2v) is 4.17. The summed E-state index contributed by atoms with van der Waals surface area (Å²) in [5.74, 6) is -1.20. The van der Waals surface area contributed by atoms with Crippen molar-refractivity contribution in [2.45, 2.75) is 25.3 Å². The molecule has 0 aromatic heterocycles. The number of carbonyl (C=O) groups excluding carboxylic acids is 1. The van der Waals surface area contributed by atoms with E-state index in [4.69, 9.17) is 4.74 Å². The molecule has 0 radical (unpaired) electrons. The highest BCUT2D eigenvalue weighted by Gasteiger charge is 2.47. The van der Waals surface area contributed by atoms with E-state index in [0.29, 0.717) is 18.4 Å². The van der Waals surface area contributed by atoms with Crippen molar-refractivity contribution < 1.29 is 19.0 Å². The molecule has 0 atom stereocenters. The van der Waals surface area contributed by atoms with E-state index in [1.165, 1.54) is 13.2 Å². The molecule has 1 aromatic carbocycles. The Hall–Kier alpha value is -1.87. The average Bonchev–Trinajstić information content (AvgIpc) is 3.05. The minimum atomic E-state index is -0.833. The van der Waals surface area contributed by atoms with Crippen molar-refractivity contribution in [2.24, 2.45) is 4.99 Å². The minimum Gasteiger partial charge on any atom is -0.502 e. The molecule has 1 aromatic rings. The van der Waals surface area contributed by atoms with Gasteiger partial charge in [-0.1, -0.05) is 0 Å². The van der Waals surface area contributed by atoms with E-state index >= 15 is 0 Å². The van der Waals surface area contributed by atoms with Crippen LogP contribution >= 0.6 is 0 Å². The van der Waals surface area contributed by atoms with E-state index in [0.717, 1.165) is 0 Å². The van der Waals surface area contributed by atoms with Crippen molar-refractivity contribution in [3.63, 3.8) is 0 Å². The summed E-state index contributed by atoms with van der Waals surface area (Å²) >= 11 is 0. The van der Waals surface area contributed by atoms with Crippen LogP contribution in [0.3, 0.4) is 0 Å². The number of rotatable bonds is 3. The first-order valence-electron chi connectivity index (χ1n) is 5.21. The lowest BCUT2D eigenvalue weighted by Crippen LogP contribution is -2.07. The molecule has 0 amide bonds. The van der Waals surface area contributed by atoms with Crippen molar-refractivity contribution in [3.05, 3.63) is 23.0 Å². The van der Waals surface area contributed by atoms with Crippen molar-refractivity contribution in [3.8, 4) is 11.5 Å². The average molecular weight is 237 g/mol. The molecule has 4 nitrogen and oxygen atoms in total. The summed E-state index contributed by atoms with van der Waals surface area (Å²) in [5, 5.41) is 9.68. The summed E-state index contributed by atoms with van der Waals surface area (Å²) in [5.41, 5.74) is 0.00536. The van der Waals surface area contributed by atoms with Gasteiger partial charge in [-0.2, -0.15) is 4.99 Å². The van der Waals surface area contributed by atoms with E-state index in [-0.39, 0.29) is 11.3 Å². The number of hydrogen-bond acceptors (Lipinski definition) is 4. The van der Waals surface area contributed by atoms with Crippen LogP contribution in [-0.2, 0) is 10.3 Å². The maximum Gasteiger partial charge on any atom is 0.235 e. The Morgan fingerprint density at radius 1 is 1.59 bits per heavy atom. The van der Waals surface area contributed by atoms with Crippen LogP contribution in [0.2, 0.25) is 0 Å². The molecule has 0 bridgehead atoms. The highest BCUT2D eigenvalue weighted by Crippen LogP contribution is 2.52. The number of aryl methyl sites for hydroxylation is 1. The first-order valence-corrected chi connectivity index (χ1v) is 5.21. The van der Waals surface area contributed by atoms with E-state index in [1.54, 1.807) is 13.0 Å². The second kappa shape index (κ2) is 3.86. The summed E-state index contributed by atoms with van der Waals surface area (Å²) in [7, 11) is 1.36. The van der Waals surface area contributed by atoms with Crippen molar-refractivity contribution in [2.75, 3.05) is 7.11 Å². The van der Waals surface area contributed by atoms with Gasteiger partial charge in [0.1, 0.15) is 5.54 Å². The number of isocyanates is 1. The predicted octanol–water partition coefficient (Wildman–Crippen LogP) is 2.17. The van der Waals surface area contributed by atoms with Gasteiger partial charge in [0.25, 0.3) is 0 Å². The van der Waals surface area contributed by atoms with Crippen LogP contribution in [-0.4, -0.2) is 18.3 Å². The van der Waals surface area contributed by atoms with Gasteiger partial charge in [0.15, 0.2) is 17.3 Å². The van der Waals surface area contributed by atoms with E-state index in [1.807, 2.05) is 0 Å². The fourth-order valence-electron chi connectivity index (χ4n) is 2.00. The van der Waals surface area contributed by atoms with Crippen LogP contribution in [0, 0.1) is 12.7 Å². The lowest BCUT2D eigenvalue weighted by molar-refractivity contribution is 0.351. The number of methoxy groups -OCH3 is 1. The molecular weight excluding hydrogens is 225 g/mol. The normalized spacial score (nSPS) is 16.2. The molecule has 17 heavy (non-hydrogen) atoms. The van der Waals surface area contributed by atoms with Gasteiger partial charge in [0.05, 0.1) is 7.11 Å². The van der Waals surface area contributed by atoms with Crippen LogP contribution in [0.25, 0.3) is 0 Å². The Morgan fingerprint density at radius 2 is 2.24 bits per heavy atom. The molecule has 1 saturated carbocycles. The summed E-state index contributed by atoms with van der Waals surface area (Å²) in [6.45, 7) is 1.70. The van der Waals surface area contributed by atoms with Gasteiger partial charge < -0.3 is 9.84 Å². The highest BCUT2D eigenvalue weighted by molar-refractivity contribution is 5.53. The maximum absolute atomic E-state index is 14.0. The summed E-state index contributed by atoms with van der Waals surface area (Å²) in [6, 6.07) is 1.56. The number of aliphatic imine (C=N–C) groups is 1. The number of benzene rings is 1. The van der Waals surface area contributed by atoms with Crippen LogP contribution < -0.4 is 4.74 Å². The fourth-order valence-corrected chi connectivity index (χ4v) is 2.00. The summed E-state index contributed by atoms with van der Waals surface area (Å²) in [4.78, 5) is 14.0. The topological polar surface area (TPSA) is 58.9 Å². The Bertz CT molecular complexity index is 517. The number of ether oxygens (including phenoxy) is 1. The second-order valence-electron chi connectivity index (χ2n) is 4.17. The van der Waals surface area contributed by atoms with Gasteiger partial charge in [-0.15, -0.1) is 0 Å². The number of halogens is 1. The largest absolute Gasteiger partial charge is 0.502 e. The van der Waals surface area contributed by atoms with Gasteiger partial charge in [-0.05, 0) is 31.4 Å². The quantitative estimate of drug-likeness (QED) is 0.647.